The Labute approximate surface area is 142 Å². The fraction of sp³-hybridized carbons (Fsp3) is 0.353. The minimum Gasteiger partial charge on any atom is -0.336 e. The van der Waals surface area contributed by atoms with Crippen LogP contribution in [0, 0.1) is 0 Å². The Balaban J connectivity index is 1.66. The highest BCUT2D eigenvalue weighted by atomic mass is 32.1. The molecule has 0 radical (unpaired) electrons. The Hall–Kier alpha value is -1.86. The van der Waals surface area contributed by atoms with E-state index in [1.165, 1.54) is 28.7 Å². The second-order valence-electron chi connectivity index (χ2n) is 5.74. The van der Waals surface area contributed by atoms with Crippen LogP contribution in [0.5, 0.6) is 0 Å². The van der Waals surface area contributed by atoms with Crippen LogP contribution in [0.25, 0.3) is 0 Å². The van der Waals surface area contributed by atoms with Gasteiger partial charge in [0.2, 0.25) is 0 Å². The first-order chi connectivity index (χ1) is 11.4. The normalized spacial score (nSPS) is 16.4. The molecule has 1 aromatic heterocycles. The molecule has 0 N–H and O–H groups in total. The van der Waals surface area contributed by atoms with Crippen molar-refractivity contribution in [3.8, 4) is 0 Å². The summed E-state index contributed by atoms with van der Waals surface area (Å²) in [6.07, 6.45) is -4.52. The van der Waals surface area contributed by atoms with Crippen molar-refractivity contribution >= 4 is 17.2 Å². The van der Waals surface area contributed by atoms with Gasteiger partial charge >= 0.3 is 6.18 Å². The lowest BCUT2D eigenvalue weighted by atomic mass is 10.1. The van der Waals surface area contributed by atoms with Crippen molar-refractivity contribution in [1.29, 1.82) is 0 Å². The van der Waals surface area contributed by atoms with Crippen LogP contribution >= 0.6 is 11.3 Å². The summed E-state index contributed by atoms with van der Waals surface area (Å²) in [5, 5.41) is 4.10. The Bertz CT molecular complexity index is 692. The number of rotatable bonds is 3. The van der Waals surface area contributed by atoms with Crippen molar-refractivity contribution in [1.82, 2.24) is 9.80 Å². The van der Waals surface area contributed by atoms with E-state index in [4.69, 9.17) is 0 Å². The van der Waals surface area contributed by atoms with Gasteiger partial charge < -0.3 is 4.90 Å². The molecule has 1 aliphatic heterocycles. The first-order valence-electron chi connectivity index (χ1n) is 7.64. The number of benzene rings is 1. The molecule has 0 atom stereocenters. The van der Waals surface area contributed by atoms with Crippen LogP contribution in [0.4, 0.5) is 13.2 Å². The minimum atomic E-state index is -4.52. The number of thiophene rings is 1. The lowest BCUT2D eigenvalue weighted by molar-refractivity contribution is -0.138. The summed E-state index contributed by atoms with van der Waals surface area (Å²) >= 11 is 1.64. The average molecular weight is 354 g/mol. The van der Waals surface area contributed by atoms with Gasteiger partial charge in [-0.1, -0.05) is 12.1 Å². The maximum Gasteiger partial charge on any atom is 0.417 e. The maximum absolute atomic E-state index is 13.1. The molecular weight excluding hydrogens is 337 g/mol. The third kappa shape index (κ3) is 3.79. The number of hydrogen-bond donors (Lipinski definition) is 0. The van der Waals surface area contributed by atoms with Gasteiger partial charge in [-0.25, -0.2) is 0 Å². The molecule has 1 amide bonds. The smallest absolute Gasteiger partial charge is 0.336 e. The second kappa shape index (κ2) is 6.94. The summed E-state index contributed by atoms with van der Waals surface area (Å²) < 4.78 is 39.2. The van der Waals surface area contributed by atoms with Gasteiger partial charge in [0.15, 0.2) is 0 Å². The number of nitrogens with zero attached hydrogens (tertiary/aromatic N) is 2. The van der Waals surface area contributed by atoms with Gasteiger partial charge in [-0.15, -0.1) is 0 Å². The van der Waals surface area contributed by atoms with Crippen molar-refractivity contribution in [2.75, 3.05) is 26.2 Å². The lowest BCUT2D eigenvalue weighted by Gasteiger charge is -2.35. The number of halogens is 3. The molecule has 0 unspecified atom stereocenters. The molecule has 3 nitrogen and oxygen atoms in total. The van der Waals surface area contributed by atoms with Gasteiger partial charge in [0.25, 0.3) is 5.91 Å². The lowest BCUT2D eigenvalue weighted by Crippen LogP contribution is -2.48. The van der Waals surface area contributed by atoms with Gasteiger partial charge in [-0.2, -0.15) is 24.5 Å². The highest BCUT2D eigenvalue weighted by Gasteiger charge is 2.36. The van der Waals surface area contributed by atoms with Crippen molar-refractivity contribution in [2.45, 2.75) is 12.7 Å². The topological polar surface area (TPSA) is 23.6 Å². The van der Waals surface area contributed by atoms with Crippen molar-refractivity contribution in [2.24, 2.45) is 0 Å². The van der Waals surface area contributed by atoms with Crippen LogP contribution in [0.2, 0.25) is 0 Å². The van der Waals surface area contributed by atoms with Gasteiger partial charge in [0.05, 0.1) is 11.1 Å². The first kappa shape index (κ1) is 17.0. The van der Waals surface area contributed by atoms with Gasteiger partial charge in [0, 0.05) is 32.7 Å². The quantitative estimate of drug-likeness (QED) is 0.839. The van der Waals surface area contributed by atoms with Crippen LogP contribution in [0.1, 0.15) is 21.5 Å². The van der Waals surface area contributed by atoms with Crippen LogP contribution < -0.4 is 0 Å². The summed E-state index contributed by atoms with van der Waals surface area (Å²) in [5.41, 5.74) is 0.0918. The molecule has 24 heavy (non-hydrogen) atoms. The summed E-state index contributed by atoms with van der Waals surface area (Å²) in [6.45, 7) is 3.01. The Morgan fingerprint density at radius 1 is 1.08 bits per heavy atom. The SMILES string of the molecule is O=C(c1ccccc1C(F)(F)F)N1CCN(Cc2ccsc2)CC1. The average Bonchev–Trinajstić information content (AvgIpc) is 3.07. The highest BCUT2D eigenvalue weighted by Crippen LogP contribution is 2.32. The van der Waals surface area contributed by atoms with Crippen molar-refractivity contribution in [3.63, 3.8) is 0 Å². The molecule has 0 spiro atoms. The van der Waals surface area contributed by atoms with Crippen LogP contribution in [-0.4, -0.2) is 41.9 Å². The fourth-order valence-corrected chi connectivity index (χ4v) is 3.50. The number of piperazine rings is 1. The van der Waals surface area contributed by atoms with Crippen molar-refractivity contribution in [3.05, 3.63) is 57.8 Å². The third-order valence-corrected chi connectivity index (χ3v) is 4.84. The zero-order valence-corrected chi connectivity index (χ0v) is 13.7. The molecule has 0 saturated carbocycles. The Morgan fingerprint density at radius 2 is 1.79 bits per heavy atom. The van der Waals surface area contributed by atoms with Crippen LogP contribution in [0.3, 0.4) is 0 Å². The molecule has 2 aromatic rings. The summed E-state index contributed by atoms with van der Waals surface area (Å²) in [7, 11) is 0. The minimum absolute atomic E-state index is 0.267. The van der Waals surface area contributed by atoms with E-state index in [-0.39, 0.29) is 5.56 Å². The third-order valence-electron chi connectivity index (χ3n) is 4.11. The Morgan fingerprint density at radius 3 is 2.42 bits per heavy atom. The Kier molecular flexibility index (Phi) is 4.91. The van der Waals surface area contributed by atoms with Gasteiger partial charge in [-0.05, 0) is 34.5 Å². The molecule has 0 bridgehead atoms. The summed E-state index contributed by atoms with van der Waals surface area (Å²) in [6, 6.07) is 7.04. The molecular formula is C17H17F3N2OS. The summed E-state index contributed by atoms with van der Waals surface area (Å²) in [4.78, 5) is 16.2. The van der Waals surface area contributed by atoms with E-state index in [0.717, 1.165) is 12.6 Å². The number of hydrogen-bond acceptors (Lipinski definition) is 3. The van der Waals surface area contributed by atoms with Crippen LogP contribution in [-0.2, 0) is 12.7 Å². The predicted molar refractivity (Wildman–Crippen MR) is 86.9 cm³/mol. The molecule has 3 rings (SSSR count). The number of carbonyl (C=O) groups is 1. The monoisotopic (exact) mass is 354 g/mol. The second-order valence-corrected chi connectivity index (χ2v) is 6.52. The van der Waals surface area contributed by atoms with E-state index in [2.05, 4.69) is 16.3 Å². The number of alkyl halides is 3. The van der Waals surface area contributed by atoms with Crippen LogP contribution in [0.15, 0.2) is 41.1 Å². The van der Waals surface area contributed by atoms with E-state index in [1.807, 2.05) is 5.38 Å². The first-order valence-corrected chi connectivity index (χ1v) is 8.58. The molecule has 7 heteroatoms. The van der Waals surface area contributed by atoms with Gasteiger partial charge in [-0.3, -0.25) is 9.69 Å². The molecule has 128 valence electrons. The zero-order valence-electron chi connectivity index (χ0n) is 12.9. The largest absolute Gasteiger partial charge is 0.417 e. The van der Waals surface area contributed by atoms with E-state index >= 15 is 0 Å². The van der Waals surface area contributed by atoms with E-state index in [1.54, 1.807) is 11.3 Å². The molecule has 0 aliphatic carbocycles. The molecule has 1 aromatic carbocycles. The van der Waals surface area contributed by atoms with Gasteiger partial charge in [0.1, 0.15) is 0 Å². The summed E-state index contributed by atoms with van der Waals surface area (Å²) in [5.74, 6) is -0.543. The maximum atomic E-state index is 13.1. The zero-order chi connectivity index (χ0) is 17.2. The van der Waals surface area contributed by atoms with Crippen molar-refractivity contribution < 1.29 is 18.0 Å². The predicted octanol–water partition coefficient (Wildman–Crippen LogP) is 3.72. The fourth-order valence-electron chi connectivity index (χ4n) is 2.84. The molecule has 1 saturated heterocycles. The molecule has 1 aliphatic rings. The standard InChI is InChI=1S/C17H17F3N2OS/c18-17(19,20)15-4-2-1-3-14(15)16(23)22-8-6-21(7-9-22)11-13-5-10-24-12-13/h1-5,10,12H,6-9,11H2. The van der Waals surface area contributed by atoms with E-state index in [0.29, 0.717) is 26.2 Å². The van der Waals surface area contributed by atoms with E-state index in [9.17, 15) is 18.0 Å². The molecule has 1 fully saturated rings. The number of carbonyl (C=O) groups excluding carboxylic acids is 1. The highest BCUT2D eigenvalue weighted by molar-refractivity contribution is 7.07. The number of amides is 1. The molecule has 2 heterocycles. The van der Waals surface area contributed by atoms with E-state index < -0.39 is 17.6 Å².